The van der Waals surface area contributed by atoms with Gasteiger partial charge < -0.3 is 4.90 Å². The molecule has 2 heteroatoms. The Bertz CT molecular complexity index is 508. The molecule has 1 aliphatic rings. The number of rotatable bonds is 3. The zero-order valence-electron chi connectivity index (χ0n) is 10.5. The van der Waals surface area contributed by atoms with Gasteiger partial charge >= 0.3 is 0 Å². The largest absolute Gasteiger partial charge is 0.371 e. The van der Waals surface area contributed by atoms with Crippen LogP contribution in [0.15, 0.2) is 48.8 Å². The summed E-state index contributed by atoms with van der Waals surface area (Å²) in [4.78, 5) is 6.58. The zero-order chi connectivity index (χ0) is 12.2. The standard InChI is InChI=1S/C16H18N2/c1-2-6-16-15(4-1)5-3-12-18(16)13-9-14-7-10-17-11-8-14/h1-2,4,6-8,10-11H,3,5,9,12-13H2. The molecule has 2 heterocycles. The molecule has 0 amide bonds. The molecule has 0 aliphatic carbocycles. The average molecular weight is 238 g/mol. The molecule has 0 saturated heterocycles. The number of fused-ring (bicyclic) bond motifs is 1. The van der Waals surface area contributed by atoms with Gasteiger partial charge in [0, 0.05) is 31.2 Å². The monoisotopic (exact) mass is 238 g/mol. The molecular weight excluding hydrogens is 220 g/mol. The van der Waals surface area contributed by atoms with Gasteiger partial charge in [-0.2, -0.15) is 0 Å². The minimum Gasteiger partial charge on any atom is -0.371 e. The molecule has 3 rings (SSSR count). The highest BCUT2D eigenvalue weighted by molar-refractivity contribution is 5.55. The Morgan fingerprint density at radius 2 is 1.89 bits per heavy atom. The molecule has 2 aromatic rings. The fraction of sp³-hybridized carbons (Fsp3) is 0.312. The highest BCUT2D eigenvalue weighted by Crippen LogP contribution is 2.26. The molecule has 0 spiro atoms. The minimum atomic E-state index is 1.09. The first-order valence-corrected chi connectivity index (χ1v) is 6.65. The maximum Gasteiger partial charge on any atom is 0.0398 e. The van der Waals surface area contributed by atoms with E-state index in [2.05, 4.69) is 46.3 Å². The lowest BCUT2D eigenvalue weighted by Crippen LogP contribution is -2.31. The SMILES string of the molecule is c1ccc2c(c1)CCCN2CCc1ccncc1. The van der Waals surface area contributed by atoms with Gasteiger partial charge in [-0.1, -0.05) is 18.2 Å². The summed E-state index contributed by atoms with van der Waals surface area (Å²) in [6.07, 6.45) is 7.34. The van der Waals surface area contributed by atoms with Gasteiger partial charge in [0.05, 0.1) is 0 Å². The van der Waals surface area contributed by atoms with E-state index >= 15 is 0 Å². The van der Waals surface area contributed by atoms with Crippen LogP contribution in [0.3, 0.4) is 0 Å². The number of benzene rings is 1. The molecule has 0 bridgehead atoms. The van der Waals surface area contributed by atoms with Gasteiger partial charge in [-0.15, -0.1) is 0 Å². The van der Waals surface area contributed by atoms with Crippen molar-refractivity contribution in [1.29, 1.82) is 0 Å². The van der Waals surface area contributed by atoms with Crippen molar-refractivity contribution in [3.63, 3.8) is 0 Å². The Morgan fingerprint density at radius 3 is 2.78 bits per heavy atom. The first kappa shape index (κ1) is 11.3. The minimum absolute atomic E-state index is 1.09. The number of para-hydroxylation sites is 1. The van der Waals surface area contributed by atoms with Gasteiger partial charge in [0.25, 0.3) is 0 Å². The van der Waals surface area contributed by atoms with Crippen LogP contribution in [0.2, 0.25) is 0 Å². The highest BCUT2D eigenvalue weighted by atomic mass is 15.1. The van der Waals surface area contributed by atoms with E-state index in [4.69, 9.17) is 0 Å². The van der Waals surface area contributed by atoms with Crippen LogP contribution >= 0.6 is 0 Å². The molecule has 2 nitrogen and oxygen atoms in total. The van der Waals surface area contributed by atoms with Gasteiger partial charge in [0.15, 0.2) is 0 Å². The fourth-order valence-corrected chi connectivity index (χ4v) is 2.66. The van der Waals surface area contributed by atoms with Gasteiger partial charge in [-0.05, 0) is 48.6 Å². The first-order valence-electron chi connectivity index (χ1n) is 6.65. The molecule has 1 aliphatic heterocycles. The summed E-state index contributed by atoms with van der Waals surface area (Å²) < 4.78 is 0. The summed E-state index contributed by atoms with van der Waals surface area (Å²) >= 11 is 0. The third-order valence-electron chi connectivity index (χ3n) is 3.63. The Labute approximate surface area is 108 Å². The van der Waals surface area contributed by atoms with Crippen LogP contribution in [0, 0.1) is 0 Å². The quantitative estimate of drug-likeness (QED) is 0.817. The number of pyridine rings is 1. The molecule has 1 aromatic carbocycles. The fourth-order valence-electron chi connectivity index (χ4n) is 2.66. The van der Waals surface area contributed by atoms with Gasteiger partial charge in [0.2, 0.25) is 0 Å². The second-order valence-electron chi connectivity index (χ2n) is 4.82. The molecule has 0 N–H and O–H groups in total. The van der Waals surface area contributed by atoms with E-state index in [1.165, 1.54) is 36.2 Å². The third-order valence-corrected chi connectivity index (χ3v) is 3.63. The summed E-state index contributed by atoms with van der Waals surface area (Å²) in [6, 6.07) is 13.0. The van der Waals surface area contributed by atoms with Crippen LogP contribution in [0.5, 0.6) is 0 Å². The van der Waals surface area contributed by atoms with Crippen LogP contribution in [0.4, 0.5) is 5.69 Å². The van der Waals surface area contributed by atoms with Crippen LogP contribution in [-0.4, -0.2) is 18.1 Å². The Morgan fingerprint density at radius 1 is 1.06 bits per heavy atom. The normalized spacial score (nSPS) is 14.3. The van der Waals surface area contributed by atoms with Crippen LogP contribution in [0.25, 0.3) is 0 Å². The van der Waals surface area contributed by atoms with Gasteiger partial charge in [-0.25, -0.2) is 0 Å². The lowest BCUT2D eigenvalue weighted by molar-refractivity contribution is 0.687. The molecule has 1 aromatic heterocycles. The number of hydrogen-bond acceptors (Lipinski definition) is 2. The summed E-state index contributed by atoms with van der Waals surface area (Å²) in [5.41, 5.74) is 4.30. The van der Waals surface area contributed by atoms with E-state index in [1.54, 1.807) is 0 Å². The van der Waals surface area contributed by atoms with Crippen molar-refractivity contribution >= 4 is 5.69 Å². The predicted octanol–water partition coefficient (Wildman–Crippen LogP) is 3.08. The smallest absolute Gasteiger partial charge is 0.0398 e. The van der Waals surface area contributed by atoms with Crippen molar-refractivity contribution in [2.75, 3.05) is 18.0 Å². The van der Waals surface area contributed by atoms with Crippen molar-refractivity contribution in [1.82, 2.24) is 4.98 Å². The van der Waals surface area contributed by atoms with Crippen LogP contribution in [0.1, 0.15) is 17.5 Å². The summed E-state index contributed by atoms with van der Waals surface area (Å²) in [5.74, 6) is 0. The van der Waals surface area contributed by atoms with E-state index in [1.807, 2.05) is 12.4 Å². The predicted molar refractivity (Wildman–Crippen MR) is 74.9 cm³/mol. The molecule has 0 fully saturated rings. The number of aryl methyl sites for hydroxylation is 1. The van der Waals surface area contributed by atoms with Crippen LogP contribution in [-0.2, 0) is 12.8 Å². The van der Waals surface area contributed by atoms with Gasteiger partial charge in [-0.3, -0.25) is 4.98 Å². The Balaban J connectivity index is 1.71. The molecule has 92 valence electrons. The summed E-state index contributed by atoms with van der Waals surface area (Å²) in [6.45, 7) is 2.28. The van der Waals surface area contributed by atoms with Crippen molar-refractivity contribution in [3.8, 4) is 0 Å². The van der Waals surface area contributed by atoms with E-state index in [0.717, 1.165) is 13.0 Å². The average Bonchev–Trinajstić information content (AvgIpc) is 2.46. The number of anilines is 1. The summed E-state index contributed by atoms with van der Waals surface area (Å²) in [7, 11) is 0. The maximum atomic E-state index is 4.06. The topological polar surface area (TPSA) is 16.1 Å². The molecule has 18 heavy (non-hydrogen) atoms. The highest BCUT2D eigenvalue weighted by Gasteiger charge is 2.15. The number of nitrogens with zero attached hydrogens (tertiary/aromatic N) is 2. The second kappa shape index (κ2) is 5.21. The summed E-state index contributed by atoms with van der Waals surface area (Å²) in [5, 5.41) is 0. The van der Waals surface area contributed by atoms with Gasteiger partial charge in [0.1, 0.15) is 0 Å². The molecular formula is C16H18N2. The lowest BCUT2D eigenvalue weighted by Gasteiger charge is -2.31. The molecule has 0 radical (unpaired) electrons. The van der Waals surface area contributed by atoms with Crippen molar-refractivity contribution in [3.05, 3.63) is 59.9 Å². The zero-order valence-corrected chi connectivity index (χ0v) is 10.5. The number of hydrogen-bond donors (Lipinski definition) is 0. The van der Waals surface area contributed by atoms with Crippen molar-refractivity contribution in [2.24, 2.45) is 0 Å². The maximum absolute atomic E-state index is 4.06. The Hall–Kier alpha value is -1.83. The molecule has 0 saturated carbocycles. The lowest BCUT2D eigenvalue weighted by atomic mass is 10.0. The third kappa shape index (κ3) is 2.37. The van der Waals surface area contributed by atoms with Crippen LogP contribution < -0.4 is 4.90 Å². The van der Waals surface area contributed by atoms with E-state index in [0.29, 0.717) is 0 Å². The van der Waals surface area contributed by atoms with E-state index in [9.17, 15) is 0 Å². The second-order valence-corrected chi connectivity index (χ2v) is 4.82. The molecule has 0 unspecified atom stereocenters. The van der Waals surface area contributed by atoms with E-state index in [-0.39, 0.29) is 0 Å². The first-order chi connectivity index (χ1) is 8.93. The number of aromatic nitrogens is 1. The molecule has 0 atom stereocenters. The Kier molecular flexibility index (Phi) is 3.26. The van der Waals surface area contributed by atoms with Crippen molar-refractivity contribution in [2.45, 2.75) is 19.3 Å². The van der Waals surface area contributed by atoms with Crippen molar-refractivity contribution < 1.29 is 0 Å². The van der Waals surface area contributed by atoms with E-state index < -0.39 is 0 Å².